The van der Waals surface area contributed by atoms with Crippen molar-refractivity contribution in [3.8, 4) is 0 Å². The second kappa shape index (κ2) is 10.7. The number of hydrogen-bond donors (Lipinski definition) is 4. The summed E-state index contributed by atoms with van der Waals surface area (Å²) in [5.74, 6) is -0.815. The van der Waals surface area contributed by atoms with Crippen LogP contribution in [0, 0.1) is 10.1 Å². The molecule has 0 saturated carbocycles. The van der Waals surface area contributed by atoms with Crippen molar-refractivity contribution < 1.29 is 41.3 Å². The molecule has 0 radical (unpaired) electrons. The summed E-state index contributed by atoms with van der Waals surface area (Å²) in [6.07, 6.45) is 0. The summed E-state index contributed by atoms with van der Waals surface area (Å²) in [6, 6.07) is -0.816. The van der Waals surface area contributed by atoms with Crippen LogP contribution < -0.4 is 5.73 Å². The van der Waals surface area contributed by atoms with Gasteiger partial charge in [0.15, 0.2) is 0 Å². The molecule has 1 unspecified atom stereocenters. The third-order valence-electron chi connectivity index (χ3n) is 0.514. The van der Waals surface area contributed by atoms with Gasteiger partial charge in [0, 0.05) is 26.8 Å². The quantitative estimate of drug-likeness (QED) is 0.222. The van der Waals surface area contributed by atoms with Crippen LogP contribution in [0.5, 0.6) is 0 Å². The SMILES string of the molecule is NC(CS)C(=O)O.O=[N+]([O-])O.[Mo]. The number of carboxylic acids is 1. The number of aliphatic carboxylic acids is 1. The second-order valence-electron chi connectivity index (χ2n) is 1.37. The molecule has 0 aromatic rings. The Labute approximate surface area is 87.7 Å². The van der Waals surface area contributed by atoms with E-state index in [0.717, 1.165) is 0 Å². The van der Waals surface area contributed by atoms with Crippen molar-refractivity contribution in [1.82, 2.24) is 0 Å². The molecule has 0 aromatic carbocycles. The molecule has 0 aliphatic rings. The Balaban J connectivity index is -0.000000142. The first-order valence-corrected chi connectivity index (χ1v) is 2.97. The number of nitrogens with two attached hydrogens (primary N) is 1. The van der Waals surface area contributed by atoms with Crippen LogP contribution in [0.15, 0.2) is 0 Å². The molecule has 0 spiro atoms. The van der Waals surface area contributed by atoms with E-state index in [0.29, 0.717) is 0 Å². The molecule has 4 N–H and O–H groups in total. The molecule has 0 amide bonds. The fraction of sp³-hybridized carbons (Fsp3) is 0.667. The molecule has 0 rings (SSSR count). The van der Waals surface area contributed by atoms with E-state index in [1.165, 1.54) is 0 Å². The van der Waals surface area contributed by atoms with Crippen molar-refractivity contribution in [3.63, 3.8) is 0 Å². The summed E-state index contributed by atoms with van der Waals surface area (Å²) < 4.78 is 0. The monoisotopic (exact) mass is 282 g/mol. The van der Waals surface area contributed by atoms with Gasteiger partial charge >= 0.3 is 5.97 Å². The van der Waals surface area contributed by atoms with Crippen molar-refractivity contribution in [3.05, 3.63) is 10.1 Å². The van der Waals surface area contributed by atoms with Gasteiger partial charge in [0.05, 0.1) is 0 Å². The average molecular weight is 280 g/mol. The Kier molecular flexibility index (Phi) is 15.7. The predicted molar refractivity (Wildman–Crippen MR) is 38.2 cm³/mol. The largest absolute Gasteiger partial charge is 0.480 e. The van der Waals surface area contributed by atoms with Gasteiger partial charge in [-0.3, -0.25) is 4.79 Å². The van der Waals surface area contributed by atoms with E-state index in [4.69, 9.17) is 26.2 Å². The summed E-state index contributed by atoms with van der Waals surface area (Å²) in [5.41, 5.74) is 4.94. The molecule has 0 bridgehead atoms. The van der Waals surface area contributed by atoms with Gasteiger partial charge in [-0.15, -0.1) is 10.1 Å². The van der Waals surface area contributed by atoms with Crippen LogP contribution >= 0.6 is 12.6 Å². The molecule has 0 heterocycles. The average Bonchev–Trinajstić information content (AvgIpc) is 1.85. The van der Waals surface area contributed by atoms with Gasteiger partial charge in [-0.1, -0.05) is 0 Å². The number of carbonyl (C=O) groups is 1. The van der Waals surface area contributed by atoms with Gasteiger partial charge in [-0.25, -0.2) is 0 Å². The fourth-order valence-electron chi connectivity index (χ4n) is 0.0781. The maximum Gasteiger partial charge on any atom is 0.321 e. The Morgan fingerprint density at radius 3 is 2.00 bits per heavy atom. The first-order chi connectivity index (χ1) is 4.91. The first-order valence-electron chi connectivity index (χ1n) is 2.34. The van der Waals surface area contributed by atoms with Gasteiger partial charge in [-0.05, 0) is 0 Å². The van der Waals surface area contributed by atoms with Gasteiger partial charge in [0.25, 0.3) is 5.09 Å². The van der Waals surface area contributed by atoms with Gasteiger partial charge in [0.1, 0.15) is 6.04 Å². The Morgan fingerprint density at radius 2 is 2.00 bits per heavy atom. The van der Waals surface area contributed by atoms with E-state index in [-0.39, 0.29) is 26.8 Å². The fourth-order valence-corrected chi connectivity index (χ4v) is 0.234. The minimum atomic E-state index is -1.50. The molecule has 0 aliphatic heterocycles. The molecule has 12 heavy (non-hydrogen) atoms. The van der Waals surface area contributed by atoms with Crippen molar-refractivity contribution in [2.24, 2.45) is 5.73 Å². The van der Waals surface area contributed by atoms with Crippen molar-refractivity contribution >= 4 is 18.6 Å². The third-order valence-corrected chi connectivity index (χ3v) is 0.907. The standard InChI is InChI=1S/C3H7NO2S.Mo.HNO3/c4-2(1-7)3(5)6;;2-1(3)4/h2,7H,1,4H2,(H,5,6);;(H,2,3,4). The van der Waals surface area contributed by atoms with Crippen LogP contribution in [0.4, 0.5) is 0 Å². The summed E-state index contributed by atoms with van der Waals surface area (Å²) in [6.45, 7) is 0. The van der Waals surface area contributed by atoms with E-state index in [2.05, 4.69) is 12.6 Å². The Hall–Kier alpha value is -0.332. The normalized spacial score (nSPS) is 9.83. The van der Waals surface area contributed by atoms with E-state index in [1.807, 2.05) is 0 Å². The van der Waals surface area contributed by atoms with Gasteiger partial charge in [-0.2, -0.15) is 12.6 Å². The van der Waals surface area contributed by atoms with E-state index >= 15 is 0 Å². The minimum Gasteiger partial charge on any atom is -0.480 e. The number of carboxylic acid groups (broad SMARTS) is 1. The number of hydrogen-bond acceptors (Lipinski definition) is 5. The topological polar surface area (TPSA) is 127 Å². The molecule has 7 nitrogen and oxygen atoms in total. The maximum atomic E-state index is 9.76. The molecule has 0 aromatic heterocycles. The number of nitrogens with zero attached hydrogens (tertiary/aromatic N) is 1. The van der Waals surface area contributed by atoms with Crippen LogP contribution in [-0.2, 0) is 25.9 Å². The molecule has 72 valence electrons. The Bertz CT molecular complexity index is 141. The molecule has 9 heteroatoms. The zero-order chi connectivity index (χ0) is 9.44. The van der Waals surface area contributed by atoms with Crippen LogP contribution in [-0.4, -0.2) is 33.2 Å². The summed E-state index contributed by atoms with van der Waals surface area (Å²) in [4.78, 5) is 18.1. The zero-order valence-electron chi connectivity index (χ0n) is 5.78. The maximum absolute atomic E-state index is 9.76. The van der Waals surface area contributed by atoms with E-state index < -0.39 is 17.1 Å². The van der Waals surface area contributed by atoms with Gasteiger partial charge in [0.2, 0.25) is 0 Å². The van der Waals surface area contributed by atoms with Crippen LogP contribution in [0.1, 0.15) is 0 Å². The number of rotatable bonds is 2. The van der Waals surface area contributed by atoms with Crippen molar-refractivity contribution in [1.29, 1.82) is 0 Å². The first kappa shape index (κ1) is 17.7. The Morgan fingerprint density at radius 1 is 1.75 bits per heavy atom. The zero-order valence-corrected chi connectivity index (χ0v) is 8.69. The summed E-state index contributed by atoms with van der Waals surface area (Å²) >= 11 is 3.65. The van der Waals surface area contributed by atoms with Crippen LogP contribution in [0.3, 0.4) is 0 Å². The summed E-state index contributed by atoms with van der Waals surface area (Å²) in [7, 11) is 0. The number of thiol groups is 1. The minimum absolute atomic E-state index is 0. The predicted octanol–water partition coefficient (Wildman–Crippen LogP) is -1.02. The smallest absolute Gasteiger partial charge is 0.321 e. The van der Waals surface area contributed by atoms with Crippen molar-refractivity contribution in [2.75, 3.05) is 5.75 Å². The molecule has 0 aliphatic carbocycles. The van der Waals surface area contributed by atoms with E-state index in [1.54, 1.807) is 0 Å². The molecule has 0 saturated heterocycles. The van der Waals surface area contributed by atoms with Gasteiger partial charge < -0.3 is 16.0 Å². The van der Waals surface area contributed by atoms with E-state index in [9.17, 15) is 4.79 Å². The molecule has 1 atom stereocenters. The third kappa shape index (κ3) is 22.6. The summed E-state index contributed by atoms with van der Waals surface area (Å²) in [5, 5.41) is 21.6. The van der Waals surface area contributed by atoms with Crippen LogP contribution in [0.2, 0.25) is 0 Å². The molecular weight excluding hydrogens is 272 g/mol. The molecule has 0 fully saturated rings. The van der Waals surface area contributed by atoms with Crippen molar-refractivity contribution in [2.45, 2.75) is 6.04 Å². The molecular formula is C3H8MoN2O5S. The van der Waals surface area contributed by atoms with Crippen LogP contribution in [0.25, 0.3) is 0 Å². The second-order valence-corrected chi connectivity index (χ2v) is 1.73.